The van der Waals surface area contributed by atoms with Gasteiger partial charge in [0.15, 0.2) is 0 Å². The predicted molar refractivity (Wildman–Crippen MR) is 79.6 cm³/mol. The predicted octanol–water partition coefficient (Wildman–Crippen LogP) is 2.61. The number of benzene rings is 1. The molecule has 2 fully saturated rings. The average molecular weight is 312 g/mol. The Morgan fingerprint density at radius 1 is 1.14 bits per heavy atom. The van der Waals surface area contributed by atoms with Gasteiger partial charge >= 0.3 is 0 Å². The van der Waals surface area contributed by atoms with E-state index >= 15 is 0 Å². The van der Waals surface area contributed by atoms with Gasteiger partial charge in [0.05, 0.1) is 10.6 Å². The highest BCUT2D eigenvalue weighted by molar-refractivity contribution is 7.89. The summed E-state index contributed by atoms with van der Waals surface area (Å²) in [6.07, 6.45) is 5.69. The third-order valence-corrected chi connectivity index (χ3v) is 6.72. The highest BCUT2D eigenvalue weighted by Crippen LogP contribution is 2.37. The molecule has 1 aromatic carbocycles. The molecule has 2 atom stereocenters. The molecule has 2 N–H and O–H groups in total. The Kier molecular flexibility index (Phi) is 3.92. The van der Waals surface area contributed by atoms with Crippen LogP contribution in [0.15, 0.2) is 23.1 Å². The van der Waals surface area contributed by atoms with E-state index in [0.29, 0.717) is 24.9 Å². The molecule has 2 unspecified atom stereocenters. The Hall–Kier alpha value is -1.14. The van der Waals surface area contributed by atoms with Crippen LogP contribution >= 0.6 is 0 Å². The topological polar surface area (TPSA) is 63.4 Å². The van der Waals surface area contributed by atoms with Crippen molar-refractivity contribution in [2.75, 3.05) is 18.8 Å². The summed E-state index contributed by atoms with van der Waals surface area (Å²) in [4.78, 5) is 0.00320. The normalized spacial score (nSPS) is 27.3. The van der Waals surface area contributed by atoms with E-state index in [9.17, 15) is 12.8 Å². The van der Waals surface area contributed by atoms with E-state index < -0.39 is 15.8 Å². The van der Waals surface area contributed by atoms with Gasteiger partial charge in [-0.3, -0.25) is 0 Å². The molecule has 1 saturated heterocycles. The molecule has 1 saturated carbocycles. The summed E-state index contributed by atoms with van der Waals surface area (Å²) in [6, 6.07) is 3.73. The SMILES string of the molecule is Nc1ccc(S(=O)(=O)N2CCC3CCCCC3C2)cc1F. The number of halogens is 1. The van der Waals surface area contributed by atoms with Crippen LogP contribution in [0.1, 0.15) is 32.1 Å². The number of anilines is 1. The zero-order valence-electron chi connectivity index (χ0n) is 12.0. The Bertz CT molecular complexity index is 633. The molecule has 21 heavy (non-hydrogen) atoms. The molecular weight excluding hydrogens is 291 g/mol. The van der Waals surface area contributed by atoms with Gasteiger partial charge in [-0.05, 0) is 42.9 Å². The first-order chi connectivity index (χ1) is 9.98. The highest BCUT2D eigenvalue weighted by atomic mass is 32.2. The van der Waals surface area contributed by atoms with Gasteiger partial charge in [0.1, 0.15) is 5.82 Å². The van der Waals surface area contributed by atoms with E-state index in [1.165, 1.54) is 35.7 Å². The Labute approximate surface area is 125 Å². The first kappa shape index (κ1) is 14.8. The molecule has 1 aromatic rings. The summed E-state index contributed by atoms with van der Waals surface area (Å²) < 4.78 is 40.3. The van der Waals surface area contributed by atoms with Crippen molar-refractivity contribution in [1.29, 1.82) is 0 Å². The van der Waals surface area contributed by atoms with Crippen LogP contribution in [0.4, 0.5) is 10.1 Å². The van der Waals surface area contributed by atoms with Crippen LogP contribution in [0.5, 0.6) is 0 Å². The molecule has 3 rings (SSSR count). The van der Waals surface area contributed by atoms with Crippen LogP contribution in [0.25, 0.3) is 0 Å². The zero-order valence-corrected chi connectivity index (χ0v) is 12.8. The summed E-state index contributed by atoms with van der Waals surface area (Å²) >= 11 is 0. The minimum atomic E-state index is -3.61. The molecule has 1 aliphatic carbocycles. The number of rotatable bonds is 2. The van der Waals surface area contributed by atoms with Gasteiger partial charge in [-0.1, -0.05) is 19.3 Å². The number of nitrogen functional groups attached to an aromatic ring is 1. The lowest BCUT2D eigenvalue weighted by atomic mass is 9.76. The lowest BCUT2D eigenvalue weighted by molar-refractivity contribution is 0.136. The molecule has 0 amide bonds. The zero-order chi connectivity index (χ0) is 15.0. The second-order valence-electron chi connectivity index (χ2n) is 6.14. The summed E-state index contributed by atoms with van der Waals surface area (Å²) in [7, 11) is -3.61. The summed E-state index contributed by atoms with van der Waals surface area (Å²) in [6.45, 7) is 1.11. The van der Waals surface area contributed by atoms with Crippen LogP contribution in [-0.2, 0) is 10.0 Å². The second-order valence-corrected chi connectivity index (χ2v) is 8.08. The molecular formula is C15H21FN2O2S. The van der Waals surface area contributed by atoms with Crippen molar-refractivity contribution in [2.45, 2.75) is 37.0 Å². The molecule has 116 valence electrons. The average Bonchev–Trinajstić information content (AvgIpc) is 2.49. The Morgan fingerprint density at radius 3 is 2.57 bits per heavy atom. The largest absolute Gasteiger partial charge is 0.396 e. The lowest BCUT2D eigenvalue weighted by Crippen LogP contribution is -2.44. The maximum absolute atomic E-state index is 13.5. The molecule has 6 heteroatoms. The number of nitrogens with zero attached hydrogens (tertiary/aromatic N) is 1. The third kappa shape index (κ3) is 2.79. The molecule has 0 bridgehead atoms. The third-order valence-electron chi connectivity index (χ3n) is 4.86. The van der Waals surface area contributed by atoms with Crippen molar-refractivity contribution in [3.05, 3.63) is 24.0 Å². The number of hydrogen-bond acceptors (Lipinski definition) is 3. The fourth-order valence-electron chi connectivity index (χ4n) is 3.60. The monoisotopic (exact) mass is 312 g/mol. The standard InChI is InChI=1S/C15H21FN2O2S/c16-14-9-13(5-6-15(14)17)21(19,20)18-8-7-11-3-1-2-4-12(11)10-18/h5-6,9,11-12H,1-4,7-8,10,17H2. The maximum Gasteiger partial charge on any atom is 0.243 e. The molecule has 0 radical (unpaired) electrons. The van der Waals surface area contributed by atoms with Crippen molar-refractivity contribution in [3.8, 4) is 0 Å². The van der Waals surface area contributed by atoms with Crippen molar-refractivity contribution in [2.24, 2.45) is 11.8 Å². The minimum absolute atomic E-state index is 0.00320. The smallest absolute Gasteiger partial charge is 0.243 e. The summed E-state index contributed by atoms with van der Waals surface area (Å²) in [5.74, 6) is 0.442. The van der Waals surface area contributed by atoms with Crippen LogP contribution in [-0.4, -0.2) is 25.8 Å². The summed E-state index contributed by atoms with van der Waals surface area (Å²) in [5, 5.41) is 0. The fraction of sp³-hybridized carbons (Fsp3) is 0.600. The number of piperidine rings is 1. The van der Waals surface area contributed by atoms with E-state index in [0.717, 1.165) is 18.9 Å². The number of sulfonamides is 1. The molecule has 0 spiro atoms. The second kappa shape index (κ2) is 5.57. The van der Waals surface area contributed by atoms with Crippen molar-refractivity contribution < 1.29 is 12.8 Å². The number of hydrogen-bond donors (Lipinski definition) is 1. The molecule has 1 heterocycles. The first-order valence-electron chi connectivity index (χ1n) is 7.53. The van der Waals surface area contributed by atoms with Gasteiger partial charge in [-0.2, -0.15) is 4.31 Å². The van der Waals surface area contributed by atoms with Crippen LogP contribution < -0.4 is 5.73 Å². The van der Waals surface area contributed by atoms with E-state index in [2.05, 4.69) is 0 Å². The Morgan fingerprint density at radius 2 is 1.86 bits per heavy atom. The van der Waals surface area contributed by atoms with E-state index in [4.69, 9.17) is 5.73 Å². The van der Waals surface area contributed by atoms with Crippen molar-refractivity contribution in [1.82, 2.24) is 4.31 Å². The molecule has 0 aromatic heterocycles. The van der Waals surface area contributed by atoms with Gasteiger partial charge in [0.2, 0.25) is 10.0 Å². The van der Waals surface area contributed by atoms with E-state index in [1.807, 2.05) is 0 Å². The fourth-order valence-corrected chi connectivity index (χ4v) is 5.13. The lowest BCUT2D eigenvalue weighted by Gasteiger charge is -2.40. The Balaban J connectivity index is 1.83. The highest BCUT2D eigenvalue weighted by Gasteiger charge is 2.36. The van der Waals surface area contributed by atoms with Crippen molar-refractivity contribution in [3.63, 3.8) is 0 Å². The van der Waals surface area contributed by atoms with Crippen LogP contribution in [0.3, 0.4) is 0 Å². The van der Waals surface area contributed by atoms with Gasteiger partial charge in [-0.15, -0.1) is 0 Å². The van der Waals surface area contributed by atoms with Crippen molar-refractivity contribution >= 4 is 15.7 Å². The first-order valence-corrected chi connectivity index (χ1v) is 8.97. The van der Waals surface area contributed by atoms with E-state index in [1.54, 1.807) is 0 Å². The van der Waals surface area contributed by atoms with Gasteiger partial charge < -0.3 is 5.73 Å². The van der Waals surface area contributed by atoms with Gasteiger partial charge in [0.25, 0.3) is 0 Å². The number of nitrogens with two attached hydrogens (primary N) is 1. The maximum atomic E-state index is 13.5. The quantitative estimate of drug-likeness (QED) is 0.854. The number of fused-ring (bicyclic) bond motifs is 1. The molecule has 4 nitrogen and oxygen atoms in total. The minimum Gasteiger partial charge on any atom is -0.396 e. The molecule has 2 aliphatic rings. The van der Waals surface area contributed by atoms with Crippen LogP contribution in [0.2, 0.25) is 0 Å². The van der Waals surface area contributed by atoms with Gasteiger partial charge in [-0.25, -0.2) is 12.8 Å². The molecule has 1 aliphatic heterocycles. The van der Waals surface area contributed by atoms with E-state index in [-0.39, 0.29) is 10.6 Å². The van der Waals surface area contributed by atoms with Crippen LogP contribution in [0, 0.1) is 17.7 Å². The summed E-state index contributed by atoms with van der Waals surface area (Å²) in [5.41, 5.74) is 5.39. The van der Waals surface area contributed by atoms with Gasteiger partial charge in [0, 0.05) is 13.1 Å².